The second-order valence-corrected chi connectivity index (χ2v) is 2.59. The van der Waals surface area contributed by atoms with Gasteiger partial charge in [0.25, 0.3) is 0 Å². The summed E-state index contributed by atoms with van der Waals surface area (Å²) in [4.78, 5) is 0. The van der Waals surface area contributed by atoms with Crippen molar-refractivity contribution in [3.05, 3.63) is 42.0 Å². The second-order valence-electron chi connectivity index (χ2n) is 2.59. The van der Waals surface area contributed by atoms with Gasteiger partial charge in [0.05, 0.1) is 6.04 Å². The lowest BCUT2D eigenvalue weighted by Crippen LogP contribution is -2.07. The van der Waals surface area contributed by atoms with Crippen LogP contribution in [-0.4, -0.2) is 5.11 Å². The molecule has 3 N–H and O–H groups in total. The predicted molar refractivity (Wildman–Crippen MR) is 45.1 cm³/mol. The predicted octanol–water partition coefficient (Wildman–Crippen LogP) is 1.86. The largest absolute Gasteiger partial charge is 0.507 e. The van der Waals surface area contributed by atoms with Gasteiger partial charge in [-0.3, -0.25) is 0 Å². The Morgan fingerprint density at radius 3 is 2.46 bits per heavy atom. The van der Waals surface area contributed by atoms with Gasteiger partial charge < -0.3 is 10.8 Å². The summed E-state index contributed by atoms with van der Waals surface area (Å²) in [5.74, 6) is -2.51. The van der Waals surface area contributed by atoms with E-state index in [2.05, 4.69) is 6.58 Å². The standard InChI is InChI=1S/C9H9F2NO/c1-2-8(12)5-3-6(10)7(11)4-9(5)13/h2-4,8,13H,1,12H2. The maximum Gasteiger partial charge on any atom is 0.162 e. The van der Waals surface area contributed by atoms with Gasteiger partial charge in [-0.05, 0) is 6.07 Å². The number of halogens is 2. The molecule has 1 aromatic rings. The van der Waals surface area contributed by atoms with E-state index in [0.717, 1.165) is 6.07 Å². The zero-order valence-corrected chi connectivity index (χ0v) is 6.80. The molecule has 0 heterocycles. The Hall–Kier alpha value is -1.42. The van der Waals surface area contributed by atoms with Crippen LogP contribution >= 0.6 is 0 Å². The normalized spacial score (nSPS) is 12.5. The minimum atomic E-state index is -1.10. The number of aromatic hydroxyl groups is 1. The van der Waals surface area contributed by atoms with Crippen molar-refractivity contribution in [3.63, 3.8) is 0 Å². The van der Waals surface area contributed by atoms with Gasteiger partial charge in [-0.25, -0.2) is 8.78 Å². The Morgan fingerprint density at radius 2 is 1.92 bits per heavy atom. The minimum Gasteiger partial charge on any atom is -0.507 e. The first kappa shape index (κ1) is 9.67. The van der Waals surface area contributed by atoms with Crippen LogP contribution in [0.4, 0.5) is 8.78 Å². The van der Waals surface area contributed by atoms with Crippen LogP contribution in [0.15, 0.2) is 24.8 Å². The molecule has 0 spiro atoms. The summed E-state index contributed by atoms with van der Waals surface area (Å²) < 4.78 is 25.2. The third kappa shape index (κ3) is 1.84. The number of rotatable bonds is 2. The van der Waals surface area contributed by atoms with Gasteiger partial charge in [-0.15, -0.1) is 6.58 Å². The average molecular weight is 185 g/mol. The third-order valence-electron chi connectivity index (χ3n) is 1.68. The highest BCUT2D eigenvalue weighted by Crippen LogP contribution is 2.25. The van der Waals surface area contributed by atoms with Crippen molar-refractivity contribution in [1.82, 2.24) is 0 Å². The van der Waals surface area contributed by atoms with Crippen LogP contribution in [0.1, 0.15) is 11.6 Å². The first-order valence-electron chi connectivity index (χ1n) is 3.62. The molecule has 1 unspecified atom stereocenters. The fourth-order valence-electron chi connectivity index (χ4n) is 0.946. The van der Waals surface area contributed by atoms with Crippen molar-refractivity contribution in [2.24, 2.45) is 5.73 Å². The smallest absolute Gasteiger partial charge is 0.162 e. The van der Waals surface area contributed by atoms with E-state index in [1.807, 2.05) is 0 Å². The molecule has 0 aliphatic heterocycles. The zero-order valence-electron chi connectivity index (χ0n) is 6.80. The van der Waals surface area contributed by atoms with E-state index in [-0.39, 0.29) is 11.3 Å². The number of hydrogen-bond donors (Lipinski definition) is 2. The van der Waals surface area contributed by atoms with Crippen LogP contribution in [0.5, 0.6) is 5.75 Å². The molecule has 0 saturated heterocycles. The number of hydrogen-bond acceptors (Lipinski definition) is 2. The van der Waals surface area contributed by atoms with Crippen LogP contribution in [0.25, 0.3) is 0 Å². The molecule has 13 heavy (non-hydrogen) atoms. The highest BCUT2D eigenvalue weighted by atomic mass is 19.2. The molecule has 1 aromatic carbocycles. The van der Waals surface area contributed by atoms with Crippen molar-refractivity contribution in [1.29, 1.82) is 0 Å². The first-order chi connectivity index (χ1) is 6.06. The van der Waals surface area contributed by atoms with E-state index in [0.29, 0.717) is 6.07 Å². The Morgan fingerprint density at radius 1 is 1.38 bits per heavy atom. The molecule has 4 heteroatoms. The minimum absolute atomic E-state index is 0.119. The van der Waals surface area contributed by atoms with Crippen molar-refractivity contribution in [2.75, 3.05) is 0 Å². The summed E-state index contributed by atoms with van der Waals surface area (Å²) in [6.45, 7) is 3.38. The van der Waals surface area contributed by atoms with E-state index in [1.54, 1.807) is 0 Å². The quantitative estimate of drug-likeness (QED) is 0.691. The summed E-state index contributed by atoms with van der Waals surface area (Å²) in [5, 5.41) is 9.18. The lowest BCUT2D eigenvalue weighted by atomic mass is 10.1. The summed E-state index contributed by atoms with van der Waals surface area (Å²) >= 11 is 0. The van der Waals surface area contributed by atoms with Crippen LogP contribution < -0.4 is 5.73 Å². The van der Waals surface area contributed by atoms with Crippen molar-refractivity contribution < 1.29 is 13.9 Å². The first-order valence-corrected chi connectivity index (χ1v) is 3.62. The topological polar surface area (TPSA) is 46.2 Å². The van der Waals surface area contributed by atoms with Gasteiger partial charge in [-0.1, -0.05) is 6.08 Å². The second kappa shape index (κ2) is 3.53. The van der Waals surface area contributed by atoms with Crippen molar-refractivity contribution in [2.45, 2.75) is 6.04 Å². The summed E-state index contributed by atoms with van der Waals surface area (Å²) in [7, 11) is 0. The fourth-order valence-corrected chi connectivity index (χ4v) is 0.946. The molecule has 0 saturated carbocycles. The van der Waals surface area contributed by atoms with Gasteiger partial charge in [0.15, 0.2) is 11.6 Å². The monoisotopic (exact) mass is 185 g/mol. The number of nitrogens with two attached hydrogens (primary N) is 1. The fraction of sp³-hybridized carbons (Fsp3) is 0.111. The lowest BCUT2D eigenvalue weighted by Gasteiger charge is -2.09. The molecule has 0 radical (unpaired) electrons. The third-order valence-corrected chi connectivity index (χ3v) is 1.68. The van der Waals surface area contributed by atoms with Gasteiger partial charge in [0.1, 0.15) is 5.75 Å². The molecule has 0 aliphatic rings. The van der Waals surface area contributed by atoms with Gasteiger partial charge >= 0.3 is 0 Å². The summed E-state index contributed by atoms with van der Waals surface area (Å²) in [5.41, 5.74) is 5.57. The van der Waals surface area contributed by atoms with Crippen LogP contribution in [0.3, 0.4) is 0 Å². The molecule has 70 valence electrons. The van der Waals surface area contributed by atoms with E-state index in [1.165, 1.54) is 6.08 Å². The molecule has 2 nitrogen and oxygen atoms in total. The molecule has 1 atom stereocenters. The Labute approximate surface area is 74.3 Å². The zero-order chi connectivity index (χ0) is 10.0. The molecular weight excluding hydrogens is 176 g/mol. The van der Waals surface area contributed by atoms with Crippen molar-refractivity contribution >= 4 is 0 Å². The molecule has 0 amide bonds. The van der Waals surface area contributed by atoms with E-state index in [9.17, 15) is 13.9 Å². The van der Waals surface area contributed by atoms with Gasteiger partial charge in [-0.2, -0.15) is 0 Å². The maximum absolute atomic E-state index is 12.7. The van der Waals surface area contributed by atoms with Crippen LogP contribution in [-0.2, 0) is 0 Å². The highest BCUT2D eigenvalue weighted by Gasteiger charge is 2.12. The van der Waals surface area contributed by atoms with Gasteiger partial charge in [0, 0.05) is 11.6 Å². The van der Waals surface area contributed by atoms with E-state index in [4.69, 9.17) is 5.73 Å². The molecule has 0 aromatic heterocycles. The molecular formula is C9H9F2NO. The van der Waals surface area contributed by atoms with Crippen LogP contribution in [0.2, 0.25) is 0 Å². The summed E-state index contributed by atoms with van der Waals surface area (Å²) in [6.07, 6.45) is 1.33. The van der Waals surface area contributed by atoms with E-state index < -0.39 is 17.7 Å². The highest BCUT2D eigenvalue weighted by molar-refractivity contribution is 5.37. The summed E-state index contributed by atoms with van der Waals surface area (Å²) in [6, 6.07) is 0.848. The molecule has 1 rings (SSSR count). The SMILES string of the molecule is C=CC(N)c1cc(F)c(F)cc1O. The Bertz CT molecular complexity index is 339. The number of phenolic OH excluding ortho intramolecular Hbond substituents is 1. The Kier molecular flexibility index (Phi) is 2.63. The van der Waals surface area contributed by atoms with Gasteiger partial charge in [0.2, 0.25) is 0 Å². The van der Waals surface area contributed by atoms with Crippen LogP contribution in [0, 0.1) is 11.6 Å². The average Bonchev–Trinajstić information content (AvgIpc) is 2.10. The lowest BCUT2D eigenvalue weighted by molar-refractivity contribution is 0.445. The van der Waals surface area contributed by atoms with Crippen molar-refractivity contribution in [3.8, 4) is 5.75 Å². The van der Waals surface area contributed by atoms with E-state index >= 15 is 0 Å². The molecule has 0 bridgehead atoms. The Balaban J connectivity index is 3.22. The maximum atomic E-state index is 12.7. The number of phenols is 1. The number of benzene rings is 1. The molecule has 0 fully saturated rings. The molecule has 0 aliphatic carbocycles.